The van der Waals surface area contributed by atoms with Gasteiger partial charge in [-0.15, -0.1) is 0 Å². The molecule has 0 spiro atoms. The minimum Gasteiger partial charge on any atom is -0.490 e. The zero-order valence-electron chi connectivity index (χ0n) is 10.8. The summed E-state index contributed by atoms with van der Waals surface area (Å²) in [5.41, 5.74) is -0.182. The highest BCUT2D eigenvalue weighted by molar-refractivity contribution is 9.08. The smallest absolute Gasteiger partial charge is 0.419 e. The Morgan fingerprint density at radius 1 is 1.32 bits per heavy atom. The fourth-order valence-electron chi connectivity index (χ4n) is 1.54. The summed E-state index contributed by atoms with van der Waals surface area (Å²) < 4.78 is 49.1. The summed E-state index contributed by atoms with van der Waals surface area (Å²) in [7, 11) is 1.54. The molecule has 0 aromatic heterocycles. The monoisotopic (exact) mass is 340 g/mol. The Morgan fingerprint density at radius 2 is 2.00 bits per heavy atom. The van der Waals surface area contributed by atoms with E-state index in [-0.39, 0.29) is 11.9 Å². The second-order valence-electron chi connectivity index (χ2n) is 4.17. The van der Waals surface area contributed by atoms with E-state index in [1.54, 1.807) is 20.1 Å². The summed E-state index contributed by atoms with van der Waals surface area (Å²) in [5.74, 6) is -0.138. The third-order valence-electron chi connectivity index (χ3n) is 2.56. The van der Waals surface area contributed by atoms with Gasteiger partial charge in [0.15, 0.2) is 0 Å². The Balaban J connectivity index is 2.93. The van der Waals surface area contributed by atoms with Crippen molar-refractivity contribution in [3.8, 4) is 5.75 Å². The highest BCUT2D eigenvalue weighted by Crippen LogP contribution is 2.37. The number of hydrogen-bond donors (Lipinski definition) is 0. The molecule has 0 fully saturated rings. The minimum absolute atomic E-state index is 0.138. The number of alkyl halides is 4. The third-order valence-corrected chi connectivity index (χ3v) is 3.21. The van der Waals surface area contributed by atoms with E-state index in [0.717, 1.165) is 6.07 Å². The average molecular weight is 341 g/mol. The van der Waals surface area contributed by atoms with Gasteiger partial charge in [-0.25, -0.2) is 0 Å². The molecule has 19 heavy (non-hydrogen) atoms. The highest BCUT2D eigenvalue weighted by Gasteiger charge is 2.35. The third kappa shape index (κ3) is 5.03. The summed E-state index contributed by atoms with van der Waals surface area (Å²) in [6.45, 7) is 2.17. The molecule has 0 N–H and O–H groups in total. The Hall–Kier alpha value is -0.750. The first-order valence-electron chi connectivity index (χ1n) is 5.80. The number of hydrogen-bond acceptors (Lipinski definition) is 2. The van der Waals surface area contributed by atoms with E-state index in [0.29, 0.717) is 23.9 Å². The lowest BCUT2D eigenvalue weighted by Gasteiger charge is -2.19. The molecule has 0 radical (unpaired) electrons. The maximum absolute atomic E-state index is 12.9. The Morgan fingerprint density at radius 3 is 2.53 bits per heavy atom. The zero-order chi connectivity index (χ0) is 14.5. The van der Waals surface area contributed by atoms with E-state index in [1.807, 2.05) is 0 Å². The molecule has 1 atom stereocenters. The van der Waals surface area contributed by atoms with Crippen molar-refractivity contribution in [1.29, 1.82) is 0 Å². The summed E-state index contributed by atoms with van der Waals surface area (Å²) >= 11 is 3.14. The second kappa shape index (κ2) is 7.14. The van der Waals surface area contributed by atoms with Crippen molar-refractivity contribution >= 4 is 15.9 Å². The molecule has 108 valence electrons. The topological polar surface area (TPSA) is 18.5 Å². The molecular weight excluding hydrogens is 325 g/mol. The van der Waals surface area contributed by atoms with Crippen molar-refractivity contribution < 1.29 is 22.6 Å². The fourth-order valence-corrected chi connectivity index (χ4v) is 1.89. The fraction of sp³-hybridized carbons (Fsp3) is 0.538. The SMILES string of the molecule is COCCC(C)Oc1ccc(CBr)cc1C(F)(F)F. The van der Waals surface area contributed by atoms with E-state index in [1.165, 1.54) is 6.07 Å². The molecular formula is C13H16BrF3O2. The molecule has 0 saturated heterocycles. The first-order chi connectivity index (χ1) is 8.88. The van der Waals surface area contributed by atoms with Gasteiger partial charge in [-0.05, 0) is 24.6 Å². The predicted octanol–water partition coefficient (Wildman–Crippen LogP) is 4.40. The lowest BCUT2D eigenvalue weighted by atomic mass is 10.1. The van der Waals surface area contributed by atoms with Crippen molar-refractivity contribution in [2.24, 2.45) is 0 Å². The summed E-state index contributed by atoms with van der Waals surface area (Å²) in [6, 6.07) is 4.08. The molecule has 1 aromatic rings. The first kappa shape index (κ1) is 16.3. The molecule has 1 aromatic carbocycles. The van der Waals surface area contributed by atoms with Gasteiger partial charge in [0.25, 0.3) is 0 Å². The van der Waals surface area contributed by atoms with Crippen LogP contribution in [0.3, 0.4) is 0 Å². The van der Waals surface area contributed by atoms with E-state index >= 15 is 0 Å². The molecule has 0 saturated carbocycles. The van der Waals surface area contributed by atoms with Crippen molar-refractivity contribution in [3.63, 3.8) is 0 Å². The van der Waals surface area contributed by atoms with Gasteiger partial charge in [-0.3, -0.25) is 0 Å². The van der Waals surface area contributed by atoms with Crippen molar-refractivity contribution in [2.75, 3.05) is 13.7 Å². The predicted molar refractivity (Wildman–Crippen MR) is 70.7 cm³/mol. The maximum Gasteiger partial charge on any atom is 0.419 e. The molecule has 0 heterocycles. The Labute approximate surface area is 119 Å². The van der Waals surface area contributed by atoms with E-state index in [2.05, 4.69) is 15.9 Å². The van der Waals surface area contributed by atoms with Gasteiger partial charge < -0.3 is 9.47 Å². The van der Waals surface area contributed by atoms with Crippen LogP contribution in [0.5, 0.6) is 5.75 Å². The molecule has 1 unspecified atom stereocenters. The maximum atomic E-state index is 12.9. The number of ether oxygens (including phenoxy) is 2. The van der Waals surface area contributed by atoms with Gasteiger partial charge in [0, 0.05) is 25.5 Å². The van der Waals surface area contributed by atoms with Crippen LogP contribution in [0, 0.1) is 0 Å². The van der Waals surface area contributed by atoms with Gasteiger partial charge in [0.1, 0.15) is 5.75 Å². The first-order valence-corrected chi connectivity index (χ1v) is 6.92. The van der Waals surface area contributed by atoms with Crippen LogP contribution in [0.25, 0.3) is 0 Å². The largest absolute Gasteiger partial charge is 0.490 e. The van der Waals surface area contributed by atoms with Gasteiger partial charge in [0.05, 0.1) is 11.7 Å². The molecule has 0 aliphatic carbocycles. The van der Waals surface area contributed by atoms with Gasteiger partial charge in [0.2, 0.25) is 0 Å². The summed E-state index contributed by atoms with van der Waals surface area (Å²) in [5, 5.41) is 0.371. The van der Waals surface area contributed by atoms with Crippen LogP contribution in [0.15, 0.2) is 18.2 Å². The van der Waals surface area contributed by atoms with E-state index in [4.69, 9.17) is 9.47 Å². The molecule has 2 nitrogen and oxygen atoms in total. The minimum atomic E-state index is -4.42. The molecule has 0 amide bonds. The zero-order valence-corrected chi connectivity index (χ0v) is 12.3. The van der Waals surface area contributed by atoms with Crippen LogP contribution < -0.4 is 4.74 Å². The highest BCUT2D eigenvalue weighted by atomic mass is 79.9. The van der Waals surface area contributed by atoms with Gasteiger partial charge in [-0.2, -0.15) is 13.2 Å². The van der Waals surface area contributed by atoms with Crippen LogP contribution in [-0.2, 0) is 16.2 Å². The lowest BCUT2D eigenvalue weighted by molar-refractivity contribution is -0.139. The molecule has 0 bridgehead atoms. The number of benzene rings is 1. The second-order valence-corrected chi connectivity index (χ2v) is 4.73. The van der Waals surface area contributed by atoms with Crippen molar-refractivity contribution in [1.82, 2.24) is 0 Å². The van der Waals surface area contributed by atoms with Crippen molar-refractivity contribution in [3.05, 3.63) is 29.3 Å². The van der Waals surface area contributed by atoms with E-state index < -0.39 is 11.7 Å². The molecule has 0 aliphatic heterocycles. The molecule has 1 rings (SSSR count). The number of methoxy groups -OCH3 is 1. The Kier molecular flexibility index (Phi) is 6.13. The normalized spacial score (nSPS) is 13.4. The van der Waals surface area contributed by atoms with Crippen LogP contribution in [-0.4, -0.2) is 19.8 Å². The van der Waals surface area contributed by atoms with Gasteiger partial charge in [-0.1, -0.05) is 22.0 Å². The summed E-state index contributed by atoms with van der Waals surface area (Å²) in [6.07, 6.45) is -4.22. The van der Waals surface area contributed by atoms with Gasteiger partial charge >= 0.3 is 6.18 Å². The van der Waals surface area contributed by atoms with Crippen LogP contribution in [0.1, 0.15) is 24.5 Å². The van der Waals surface area contributed by atoms with Crippen LogP contribution >= 0.6 is 15.9 Å². The van der Waals surface area contributed by atoms with E-state index in [9.17, 15) is 13.2 Å². The van der Waals surface area contributed by atoms with Crippen LogP contribution in [0.2, 0.25) is 0 Å². The van der Waals surface area contributed by atoms with Crippen LogP contribution in [0.4, 0.5) is 13.2 Å². The Bertz CT molecular complexity index is 407. The molecule has 6 heteroatoms. The standard InChI is InChI=1S/C13H16BrF3O2/c1-9(5-6-18-2)19-12-4-3-10(8-14)7-11(12)13(15,16)17/h3-4,7,9H,5-6,8H2,1-2H3. The lowest BCUT2D eigenvalue weighted by Crippen LogP contribution is -2.17. The summed E-state index contributed by atoms with van der Waals surface area (Å²) in [4.78, 5) is 0. The quantitative estimate of drug-likeness (QED) is 0.714. The number of rotatable bonds is 6. The van der Waals surface area contributed by atoms with Crippen molar-refractivity contribution in [2.45, 2.75) is 31.0 Å². The number of halogens is 4. The molecule has 0 aliphatic rings. The average Bonchev–Trinajstić information content (AvgIpc) is 2.35.